The Hall–Kier alpha value is -3.15. The van der Waals surface area contributed by atoms with Gasteiger partial charge < -0.3 is 15.5 Å². The van der Waals surface area contributed by atoms with Crippen LogP contribution in [0.2, 0.25) is 0 Å². The molecule has 0 saturated heterocycles. The lowest BCUT2D eigenvalue weighted by molar-refractivity contribution is -0.268. The molecule has 1 heterocycles. The van der Waals surface area contributed by atoms with E-state index in [4.69, 9.17) is 0 Å². The number of aromatic nitrogens is 2. The molecule has 104 valence electrons. The smallest absolute Gasteiger partial charge is 0.336 e. The van der Waals surface area contributed by atoms with Crippen molar-refractivity contribution in [2.24, 2.45) is 0 Å². The van der Waals surface area contributed by atoms with Gasteiger partial charge in [0, 0.05) is 5.69 Å². The van der Waals surface area contributed by atoms with E-state index in [9.17, 15) is 15.0 Å². The minimum absolute atomic E-state index is 0.105. The van der Waals surface area contributed by atoms with E-state index in [0.717, 1.165) is 0 Å². The number of fused-ring (bicyclic) bond motifs is 1. The third-order valence-corrected chi connectivity index (χ3v) is 2.99. The summed E-state index contributed by atoms with van der Waals surface area (Å²) < 4.78 is 0. The molecule has 6 heteroatoms. The summed E-state index contributed by atoms with van der Waals surface area (Å²) in [7, 11) is 0. The molecule has 0 spiro atoms. The van der Waals surface area contributed by atoms with Crippen molar-refractivity contribution in [2.75, 3.05) is 5.32 Å². The van der Waals surface area contributed by atoms with Gasteiger partial charge in [-0.3, -0.25) is 0 Å². The first-order chi connectivity index (χ1) is 10.1. The highest BCUT2D eigenvalue weighted by Gasteiger charge is 2.13. The monoisotopic (exact) mass is 280 g/mol. The van der Waals surface area contributed by atoms with E-state index < -0.39 is 5.97 Å². The fourth-order valence-electron chi connectivity index (χ4n) is 2.09. The number of rotatable bonds is 3. The summed E-state index contributed by atoms with van der Waals surface area (Å²) in [5, 5.41) is 24.0. The van der Waals surface area contributed by atoms with Crippen LogP contribution in [0.4, 0.5) is 11.5 Å². The average molecular weight is 280 g/mol. The van der Waals surface area contributed by atoms with Gasteiger partial charge >= 0.3 is 5.97 Å². The number of hydrogen-bond acceptors (Lipinski definition) is 5. The SMILES string of the molecule is O=C(O)c1cccc2ncnc(Nc3cccc([O-])c3)c12. The first-order valence-corrected chi connectivity index (χ1v) is 6.16. The lowest BCUT2D eigenvalue weighted by Crippen LogP contribution is -2.03. The van der Waals surface area contributed by atoms with E-state index in [0.29, 0.717) is 22.4 Å². The molecule has 0 amide bonds. The zero-order valence-corrected chi connectivity index (χ0v) is 10.8. The Morgan fingerprint density at radius 3 is 2.71 bits per heavy atom. The van der Waals surface area contributed by atoms with Gasteiger partial charge in [-0.2, -0.15) is 0 Å². The molecule has 0 fully saturated rings. The number of carbonyl (C=O) groups is 1. The molecule has 1 aromatic heterocycles. The van der Waals surface area contributed by atoms with Crippen LogP contribution in [0, 0.1) is 0 Å². The normalized spacial score (nSPS) is 10.5. The van der Waals surface area contributed by atoms with Crippen LogP contribution in [0.1, 0.15) is 10.4 Å². The molecular formula is C15H10N3O3-. The minimum atomic E-state index is -1.06. The number of carboxylic acids is 1. The fraction of sp³-hybridized carbons (Fsp3) is 0. The second-order valence-corrected chi connectivity index (χ2v) is 4.38. The van der Waals surface area contributed by atoms with Crippen molar-refractivity contribution in [3.8, 4) is 5.75 Å². The Bertz CT molecular complexity index is 828. The van der Waals surface area contributed by atoms with Crippen molar-refractivity contribution >= 4 is 28.4 Å². The first kappa shape index (κ1) is 12.9. The van der Waals surface area contributed by atoms with Crippen molar-refractivity contribution in [1.29, 1.82) is 0 Å². The quantitative estimate of drug-likeness (QED) is 0.762. The second kappa shape index (κ2) is 5.09. The molecule has 2 aromatic carbocycles. The number of anilines is 2. The Labute approximate surface area is 119 Å². The highest BCUT2D eigenvalue weighted by Crippen LogP contribution is 2.27. The van der Waals surface area contributed by atoms with Crippen LogP contribution in [0.5, 0.6) is 5.75 Å². The van der Waals surface area contributed by atoms with E-state index in [1.54, 1.807) is 24.3 Å². The lowest BCUT2D eigenvalue weighted by Gasteiger charge is -2.12. The summed E-state index contributed by atoms with van der Waals surface area (Å²) >= 11 is 0. The summed E-state index contributed by atoms with van der Waals surface area (Å²) in [6.07, 6.45) is 1.34. The maximum Gasteiger partial charge on any atom is 0.336 e. The zero-order chi connectivity index (χ0) is 14.8. The van der Waals surface area contributed by atoms with Crippen molar-refractivity contribution < 1.29 is 15.0 Å². The molecule has 0 aliphatic rings. The van der Waals surface area contributed by atoms with Crippen LogP contribution < -0.4 is 10.4 Å². The molecule has 0 saturated carbocycles. The number of carboxylic acid groups (broad SMARTS) is 1. The third kappa shape index (κ3) is 2.46. The largest absolute Gasteiger partial charge is 0.872 e. The Kier molecular flexibility index (Phi) is 3.12. The summed E-state index contributed by atoms with van der Waals surface area (Å²) in [5.41, 5.74) is 1.17. The van der Waals surface area contributed by atoms with E-state index >= 15 is 0 Å². The van der Waals surface area contributed by atoms with Gasteiger partial charge in [0.05, 0.1) is 16.5 Å². The van der Waals surface area contributed by atoms with Gasteiger partial charge in [0.2, 0.25) is 0 Å². The first-order valence-electron chi connectivity index (χ1n) is 6.16. The number of nitrogens with one attached hydrogen (secondary N) is 1. The van der Waals surface area contributed by atoms with Crippen LogP contribution >= 0.6 is 0 Å². The van der Waals surface area contributed by atoms with Crippen LogP contribution in [-0.4, -0.2) is 21.0 Å². The van der Waals surface area contributed by atoms with Gasteiger partial charge in [0.1, 0.15) is 12.1 Å². The van der Waals surface area contributed by atoms with Crippen LogP contribution in [0.25, 0.3) is 10.9 Å². The minimum Gasteiger partial charge on any atom is -0.872 e. The lowest BCUT2D eigenvalue weighted by atomic mass is 10.1. The molecule has 0 aliphatic carbocycles. The summed E-state index contributed by atoms with van der Waals surface area (Å²) in [6, 6.07) is 11.0. The molecule has 0 atom stereocenters. The summed E-state index contributed by atoms with van der Waals surface area (Å²) in [6.45, 7) is 0. The predicted molar refractivity (Wildman–Crippen MR) is 75.7 cm³/mol. The third-order valence-electron chi connectivity index (χ3n) is 2.99. The fourth-order valence-corrected chi connectivity index (χ4v) is 2.09. The van der Waals surface area contributed by atoms with Gasteiger partial charge in [-0.25, -0.2) is 14.8 Å². The molecule has 0 aliphatic heterocycles. The van der Waals surface area contributed by atoms with Crippen molar-refractivity contribution in [1.82, 2.24) is 9.97 Å². The maximum atomic E-state index is 11.4. The molecule has 21 heavy (non-hydrogen) atoms. The van der Waals surface area contributed by atoms with Crippen molar-refractivity contribution in [3.05, 3.63) is 54.4 Å². The van der Waals surface area contributed by atoms with Gasteiger partial charge in [-0.15, -0.1) is 5.75 Å². The van der Waals surface area contributed by atoms with Crippen molar-refractivity contribution in [2.45, 2.75) is 0 Å². The Morgan fingerprint density at radius 1 is 1.14 bits per heavy atom. The second-order valence-electron chi connectivity index (χ2n) is 4.38. The van der Waals surface area contributed by atoms with Gasteiger partial charge in [0.15, 0.2) is 0 Å². The summed E-state index contributed by atoms with van der Waals surface area (Å²) in [4.78, 5) is 19.5. The topological polar surface area (TPSA) is 98.2 Å². The molecule has 6 nitrogen and oxygen atoms in total. The molecule has 0 unspecified atom stereocenters. The van der Waals surface area contributed by atoms with Crippen LogP contribution in [0.3, 0.4) is 0 Å². The highest BCUT2D eigenvalue weighted by atomic mass is 16.4. The number of hydrogen-bond donors (Lipinski definition) is 2. The molecule has 0 radical (unpaired) electrons. The van der Waals surface area contributed by atoms with E-state index in [1.807, 2.05) is 0 Å². The molecule has 3 aromatic rings. The highest BCUT2D eigenvalue weighted by molar-refractivity contribution is 6.07. The molecule has 0 bridgehead atoms. The Balaban J connectivity index is 2.16. The molecule has 2 N–H and O–H groups in total. The summed E-state index contributed by atoms with van der Waals surface area (Å²) in [5.74, 6) is -0.851. The van der Waals surface area contributed by atoms with Crippen LogP contribution in [0.15, 0.2) is 48.8 Å². The van der Waals surface area contributed by atoms with Gasteiger partial charge in [-0.1, -0.05) is 18.2 Å². The molecule has 3 rings (SSSR count). The number of benzene rings is 2. The average Bonchev–Trinajstić information content (AvgIpc) is 2.47. The predicted octanol–water partition coefficient (Wildman–Crippen LogP) is 2.15. The van der Waals surface area contributed by atoms with E-state index in [-0.39, 0.29) is 11.3 Å². The van der Waals surface area contributed by atoms with Crippen LogP contribution in [-0.2, 0) is 0 Å². The zero-order valence-electron chi connectivity index (χ0n) is 10.8. The maximum absolute atomic E-state index is 11.4. The van der Waals surface area contributed by atoms with Crippen molar-refractivity contribution in [3.63, 3.8) is 0 Å². The van der Waals surface area contributed by atoms with Gasteiger partial charge in [0.25, 0.3) is 0 Å². The standard InChI is InChI=1S/C15H11N3O3/c19-10-4-1-3-9(7-10)18-14-13-11(15(20)21)5-2-6-12(13)16-8-17-14/h1-8,19H,(H,20,21)(H,16,17,18)/p-1. The van der Waals surface area contributed by atoms with E-state index in [1.165, 1.54) is 24.5 Å². The van der Waals surface area contributed by atoms with E-state index in [2.05, 4.69) is 15.3 Å². The Morgan fingerprint density at radius 2 is 1.95 bits per heavy atom. The number of aromatic carboxylic acids is 1. The molecular weight excluding hydrogens is 270 g/mol. The number of nitrogens with zero attached hydrogens (tertiary/aromatic N) is 2. The van der Waals surface area contributed by atoms with Gasteiger partial charge in [-0.05, 0) is 24.3 Å².